The van der Waals surface area contributed by atoms with E-state index < -0.39 is 0 Å². The zero-order valence-electron chi connectivity index (χ0n) is 9.56. The highest BCUT2D eigenvalue weighted by Crippen LogP contribution is 2.24. The Hall–Kier alpha value is -0.520. The third-order valence-corrected chi connectivity index (χ3v) is 4.54. The zero-order valence-corrected chi connectivity index (χ0v) is 11.3. The summed E-state index contributed by atoms with van der Waals surface area (Å²) in [7, 11) is 0. The Kier molecular flexibility index (Phi) is 4.48. The van der Waals surface area contributed by atoms with Crippen LogP contribution in [0.15, 0.2) is 16.3 Å². The summed E-state index contributed by atoms with van der Waals surface area (Å²) in [5.41, 5.74) is 0. The SMILES string of the molecule is O=C(NCC1CCC(O)CC1)c1cc(S)cs1. The molecule has 1 heterocycles. The molecule has 94 valence electrons. The molecule has 1 aromatic heterocycles. The van der Waals surface area contributed by atoms with E-state index >= 15 is 0 Å². The molecule has 1 saturated carbocycles. The highest BCUT2D eigenvalue weighted by atomic mass is 32.1. The number of rotatable bonds is 3. The average molecular weight is 271 g/mol. The molecular formula is C12H17NO2S2. The molecule has 1 aromatic rings. The Morgan fingerprint density at radius 2 is 2.18 bits per heavy atom. The summed E-state index contributed by atoms with van der Waals surface area (Å²) in [5, 5.41) is 14.2. The van der Waals surface area contributed by atoms with E-state index in [9.17, 15) is 9.90 Å². The predicted octanol–water partition coefficient (Wildman–Crippen LogP) is 2.32. The third kappa shape index (κ3) is 3.72. The second-order valence-corrected chi connectivity index (χ2v) is 5.98. The average Bonchev–Trinajstić information content (AvgIpc) is 2.75. The molecule has 0 spiro atoms. The summed E-state index contributed by atoms with van der Waals surface area (Å²) in [6.45, 7) is 0.714. The van der Waals surface area contributed by atoms with Crippen LogP contribution in [0.2, 0.25) is 0 Å². The Morgan fingerprint density at radius 3 is 2.76 bits per heavy atom. The van der Waals surface area contributed by atoms with Gasteiger partial charge in [-0.3, -0.25) is 4.79 Å². The standard InChI is InChI=1S/C12H17NO2S2/c14-9-3-1-8(2-4-9)6-13-12(15)11-5-10(16)7-17-11/h5,7-9,14,16H,1-4,6H2,(H,13,15). The van der Waals surface area contributed by atoms with Crippen LogP contribution in [0.3, 0.4) is 0 Å². The lowest BCUT2D eigenvalue weighted by atomic mass is 9.87. The molecule has 17 heavy (non-hydrogen) atoms. The quantitative estimate of drug-likeness (QED) is 0.739. The summed E-state index contributed by atoms with van der Waals surface area (Å²) in [6.07, 6.45) is 3.60. The Bertz CT molecular complexity index is 384. The lowest BCUT2D eigenvalue weighted by Crippen LogP contribution is -2.31. The fourth-order valence-electron chi connectivity index (χ4n) is 2.12. The van der Waals surface area contributed by atoms with E-state index in [2.05, 4.69) is 17.9 Å². The lowest BCUT2D eigenvalue weighted by Gasteiger charge is -2.25. The van der Waals surface area contributed by atoms with Crippen molar-refractivity contribution in [1.82, 2.24) is 5.32 Å². The highest BCUT2D eigenvalue weighted by molar-refractivity contribution is 7.80. The number of hydrogen-bond donors (Lipinski definition) is 3. The van der Waals surface area contributed by atoms with Crippen LogP contribution in [0.5, 0.6) is 0 Å². The number of carbonyl (C=O) groups is 1. The van der Waals surface area contributed by atoms with Gasteiger partial charge in [-0.15, -0.1) is 24.0 Å². The van der Waals surface area contributed by atoms with E-state index in [4.69, 9.17) is 0 Å². The van der Waals surface area contributed by atoms with Crippen LogP contribution < -0.4 is 5.32 Å². The maximum absolute atomic E-state index is 11.8. The number of nitrogens with one attached hydrogen (secondary N) is 1. The number of aliphatic hydroxyl groups is 1. The minimum Gasteiger partial charge on any atom is -0.393 e. The number of aliphatic hydroxyl groups excluding tert-OH is 1. The normalized spacial score (nSPS) is 24.6. The van der Waals surface area contributed by atoms with Crippen LogP contribution in [0.4, 0.5) is 0 Å². The molecule has 0 bridgehead atoms. The van der Waals surface area contributed by atoms with Gasteiger partial charge in [-0.05, 0) is 37.7 Å². The van der Waals surface area contributed by atoms with E-state index in [0.29, 0.717) is 17.3 Å². The van der Waals surface area contributed by atoms with Crippen molar-refractivity contribution >= 4 is 29.9 Å². The van der Waals surface area contributed by atoms with Gasteiger partial charge in [0, 0.05) is 16.8 Å². The first-order valence-corrected chi connectivity index (χ1v) is 7.21. The maximum Gasteiger partial charge on any atom is 0.261 e. The van der Waals surface area contributed by atoms with Crippen LogP contribution in [0, 0.1) is 5.92 Å². The van der Waals surface area contributed by atoms with Gasteiger partial charge in [-0.1, -0.05) is 0 Å². The number of hydrogen-bond acceptors (Lipinski definition) is 4. The summed E-state index contributed by atoms with van der Waals surface area (Å²) < 4.78 is 0. The number of carbonyl (C=O) groups excluding carboxylic acids is 1. The molecule has 1 aliphatic rings. The lowest BCUT2D eigenvalue weighted by molar-refractivity contribution is 0.0913. The maximum atomic E-state index is 11.8. The minimum absolute atomic E-state index is 0.0126. The first-order chi connectivity index (χ1) is 8.15. The Morgan fingerprint density at radius 1 is 1.47 bits per heavy atom. The molecule has 3 nitrogen and oxygen atoms in total. The molecule has 1 amide bonds. The van der Waals surface area contributed by atoms with E-state index in [1.807, 2.05) is 5.38 Å². The van der Waals surface area contributed by atoms with E-state index in [1.54, 1.807) is 6.07 Å². The molecule has 0 aliphatic heterocycles. The first-order valence-electron chi connectivity index (χ1n) is 5.89. The Balaban J connectivity index is 1.76. The predicted molar refractivity (Wildman–Crippen MR) is 71.9 cm³/mol. The van der Waals surface area contributed by atoms with Gasteiger partial charge in [-0.2, -0.15) is 0 Å². The van der Waals surface area contributed by atoms with Gasteiger partial charge in [-0.25, -0.2) is 0 Å². The van der Waals surface area contributed by atoms with E-state index in [-0.39, 0.29) is 12.0 Å². The van der Waals surface area contributed by atoms with Crippen molar-refractivity contribution in [2.75, 3.05) is 6.54 Å². The molecule has 2 N–H and O–H groups in total. The molecule has 5 heteroatoms. The molecule has 0 atom stereocenters. The van der Waals surface area contributed by atoms with Gasteiger partial charge in [0.2, 0.25) is 0 Å². The van der Waals surface area contributed by atoms with Gasteiger partial charge in [0.15, 0.2) is 0 Å². The molecule has 2 rings (SSSR count). The van der Waals surface area contributed by atoms with E-state index in [0.717, 1.165) is 30.6 Å². The van der Waals surface area contributed by atoms with Gasteiger partial charge >= 0.3 is 0 Å². The second-order valence-electron chi connectivity index (χ2n) is 4.55. The third-order valence-electron chi connectivity index (χ3n) is 3.18. The van der Waals surface area contributed by atoms with Crippen molar-refractivity contribution in [2.45, 2.75) is 36.7 Å². The van der Waals surface area contributed by atoms with Crippen molar-refractivity contribution < 1.29 is 9.90 Å². The number of amides is 1. The largest absolute Gasteiger partial charge is 0.393 e. The summed E-state index contributed by atoms with van der Waals surface area (Å²) in [5.74, 6) is 0.499. The van der Waals surface area contributed by atoms with Crippen molar-refractivity contribution in [1.29, 1.82) is 0 Å². The molecule has 0 radical (unpaired) electrons. The molecule has 1 aliphatic carbocycles. The highest BCUT2D eigenvalue weighted by Gasteiger charge is 2.20. The van der Waals surface area contributed by atoms with Crippen LogP contribution in [0.25, 0.3) is 0 Å². The van der Waals surface area contributed by atoms with Crippen molar-refractivity contribution in [2.24, 2.45) is 5.92 Å². The fraction of sp³-hybridized carbons (Fsp3) is 0.583. The molecule has 0 aromatic carbocycles. The van der Waals surface area contributed by atoms with Crippen LogP contribution in [0.1, 0.15) is 35.4 Å². The number of thiophene rings is 1. The van der Waals surface area contributed by atoms with Crippen molar-refractivity contribution in [3.63, 3.8) is 0 Å². The van der Waals surface area contributed by atoms with Gasteiger partial charge in [0.05, 0.1) is 11.0 Å². The Labute approximate surface area is 111 Å². The summed E-state index contributed by atoms with van der Waals surface area (Å²) in [6, 6.07) is 1.79. The topological polar surface area (TPSA) is 49.3 Å². The molecular weight excluding hydrogens is 254 g/mol. The smallest absolute Gasteiger partial charge is 0.261 e. The van der Waals surface area contributed by atoms with E-state index in [1.165, 1.54) is 11.3 Å². The summed E-state index contributed by atoms with van der Waals surface area (Å²) in [4.78, 5) is 13.3. The monoisotopic (exact) mass is 271 g/mol. The van der Waals surface area contributed by atoms with Crippen LogP contribution in [-0.4, -0.2) is 23.7 Å². The molecule has 0 saturated heterocycles. The second kappa shape index (κ2) is 5.89. The molecule has 1 fully saturated rings. The zero-order chi connectivity index (χ0) is 12.3. The van der Waals surface area contributed by atoms with Crippen molar-refractivity contribution in [3.8, 4) is 0 Å². The summed E-state index contributed by atoms with van der Waals surface area (Å²) >= 11 is 5.60. The molecule has 0 unspecified atom stereocenters. The van der Waals surface area contributed by atoms with Crippen LogP contribution in [-0.2, 0) is 0 Å². The van der Waals surface area contributed by atoms with Gasteiger partial charge < -0.3 is 10.4 Å². The minimum atomic E-state index is -0.133. The van der Waals surface area contributed by atoms with Crippen molar-refractivity contribution in [3.05, 3.63) is 16.3 Å². The first kappa shape index (κ1) is 12.9. The number of thiol groups is 1. The van der Waals surface area contributed by atoms with Gasteiger partial charge in [0.25, 0.3) is 5.91 Å². The van der Waals surface area contributed by atoms with Crippen LogP contribution >= 0.6 is 24.0 Å². The van der Waals surface area contributed by atoms with Gasteiger partial charge in [0.1, 0.15) is 0 Å². The fourth-order valence-corrected chi connectivity index (χ4v) is 3.18.